The zero-order valence-electron chi connectivity index (χ0n) is 9.64. The molecule has 2 aromatic heterocycles. The van der Waals surface area contributed by atoms with Crippen LogP contribution in [0, 0.1) is 0 Å². The Labute approximate surface area is 103 Å². The number of rotatable bonds is 5. The molecule has 10 heteroatoms. The molecule has 9 nitrogen and oxygen atoms in total. The average Bonchev–Trinajstić information content (AvgIpc) is 2.70. The summed E-state index contributed by atoms with van der Waals surface area (Å²) < 4.78 is 24.1. The van der Waals surface area contributed by atoms with Crippen molar-refractivity contribution in [1.29, 1.82) is 0 Å². The molecule has 5 N–H and O–H groups in total. The van der Waals surface area contributed by atoms with Gasteiger partial charge < -0.3 is 11.1 Å². The summed E-state index contributed by atoms with van der Waals surface area (Å²) in [5.41, 5.74) is 6.06. The molecule has 0 aliphatic heterocycles. The fraction of sp³-hybridized carbons (Fsp3) is 0.375. The highest BCUT2D eigenvalue weighted by molar-refractivity contribution is 7.88. The minimum absolute atomic E-state index is 0.116. The van der Waals surface area contributed by atoms with Crippen LogP contribution < -0.4 is 15.8 Å². The third-order valence-corrected chi connectivity index (χ3v) is 2.84. The van der Waals surface area contributed by atoms with Crippen LogP contribution in [0.5, 0.6) is 0 Å². The summed E-state index contributed by atoms with van der Waals surface area (Å²) in [6, 6.07) is 0. The van der Waals surface area contributed by atoms with Crippen LogP contribution >= 0.6 is 0 Å². The fourth-order valence-electron chi connectivity index (χ4n) is 1.40. The molecule has 0 radical (unpaired) electrons. The molecule has 0 amide bonds. The monoisotopic (exact) mass is 271 g/mol. The number of anilines is 2. The normalized spacial score (nSPS) is 11.8. The number of hydrogen-bond acceptors (Lipinski definition) is 7. The standard InChI is InChI=1S/C8H13N7O2S/c1-18(16,17)12-3-2-10-6-5-4-11-15-7(5)14-8(9)13-6/h4,12H,2-3H2,1H3,(H4,9,10,11,13,14,15). The van der Waals surface area contributed by atoms with E-state index in [0.717, 1.165) is 6.26 Å². The molecule has 0 aliphatic carbocycles. The van der Waals surface area contributed by atoms with Gasteiger partial charge in [-0.1, -0.05) is 0 Å². The minimum atomic E-state index is -3.18. The van der Waals surface area contributed by atoms with Gasteiger partial charge in [0.15, 0.2) is 5.65 Å². The number of H-pyrrole nitrogens is 1. The first kappa shape index (κ1) is 12.5. The molecule has 2 aromatic rings. The Bertz CT molecular complexity index is 651. The third-order valence-electron chi connectivity index (χ3n) is 2.11. The molecular weight excluding hydrogens is 258 g/mol. The van der Waals surface area contributed by atoms with Gasteiger partial charge in [-0.25, -0.2) is 13.1 Å². The van der Waals surface area contributed by atoms with E-state index < -0.39 is 10.0 Å². The molecule has 0 spiro atoms. The van der Waals surface area contributed by atoms with Crippen LogP contribution in [-0.4, -0.2) is 47.9 Å². The number of nitrogens with zero attached hydrogens (tertiary/aromatic N) is 3. The van der Waals surface area contributed by atoms with E-state index in [1.165, 1.54) is 0 Å². The van der Waals surface area contributed by atoms with Gasteiger partial charge in [0, 0.05) is 13.1 Å². The van der Waals surface area contributed by atoms with Crippen molar-refractivity contribution in [3.8, 4) is 0 Å². The second-order valence-corrected chi connectivity index (χ2v) is 5.49. The Hall–Kier alpha value is -1.94. The first-order chi connectivity index (χ1) is 8.46. The van der Waals surface area contributed by atoms with Gasteiger partial charge in [0.05, 0.1) is 17.8 Å². The lowest BCUT2D eigenvalue weighted by molar-refractivity contribution is 0.589. The Kier molecular flexibility index (Phi) is 3.30. The number of fused-ring (bicyclic) bond motifs is 1. The van der Waals surface area contributed by atoms with Crippen LogP contribution in [-0.2, 0) is 10.0 Å². The van der Waals surface area contributed by atoms with Crippen molar-refractivity contribution in [2.45, 2.75) is 0 Å². The van der Waals surface area contributed by atoms with Crippen molar-refractivity contribution in [1.82, 2.24) is 24.9 Å². The van der Waals surface area contributed by atoms with Crippen LogP contribution in [0.2, 0.25) is 0 Å². The first-order valence-electron chi connectivity index (χ1n) is 5.11. The Morgan fingerprint density at radius 2 is 2.17 bits per heavy atom. The van der Waals surface area contributed by atoms with Crippen molar-refractivity contribution < 1.29 is 8.42 Å². The van der Waals surface area contributed by atoms with E-state index in [4.69, 9.17) is 5.73 Å². The molecule has 0 bridgehead atoms. The lowest BCUT2D eigenvalue weighted by atomic mass is 10.4. The largest absolute Gasteiger partial charge is 0.368 e. The first-order valence-corrected chi connectivity index (χ1v) is 7.00. The summed E-state index contributed by atoms with van der Waals surface area (Å²) in [5.74, 6) is 0.631. The van der Waals surface area contributed by atoms with E-state index in [9.17, 15) is 8.42 Å². The van der Waals surface area contributed by atoms with E-state index in [0.29, 0.717) is 23.4 Å². The van der Waals surface area contributed by atoms with Crippen LogP contribution in [0.3, 0.4) is 0 Å². The smallest absolute Gasteiger partial charge is 0.224 e. The lowest BCUT2D eigenvalue weighted by Crippen LogP contribution is -2.27. The second-order valence-electron chi connectivity index (χ2n) is 3.66. The van der Waals surface area contributed by atoms with Gasteiger partial charge in [0.25, 0.3) is 0 Å². The predicted molar refractivity (Wildman–Crippen MR) is 67.4 cm³/mol. The number of sulfonamides is 1. The summed E-state index contributed by atoms with van der Waals surface area (Å²) in [5, 5.41) is 10.2. The van der Waals surface area contributed by atoms with E-state index >= 15 is 0 Å². The highest BCUT2D eigenvalue weighted by Crippen LogP contribution is 2.17. The fourth-order valence-corrected chi connectivity index (χ4v) is 1.88. The second kappa shape index (κ2) is 4.74. The van der Waals surface area contributed by atoms with Crippen molar-refractivity contribution in [3.63, 3.8) is 0 Å². The van der Waals surface area contributed by atoms with Gasteiger partial charge >= 0.3 is 0 Å². The van der Waals surface area contributed by atoms with Crippen molar-refractivity contribution >= 4 is 32.8 Å². The van der Waals surface area contributed by atoms with Gasteiger partial charge in [0.1, 0.15) is 5.82 Å². The van der Waals surface area contributed by atoms with Crippen molar-refractivity contribution in [3.05, 3.63) is 6.20 Å². The molecule has 0 saturated carbocycles. The maximum absolute atomic E-state index is 10.9. The number of nitrogens with two attached hydrogens (primary N) is 1. The number of nitrogen functional groups attached to an aromatic ring is 1. The predicted octanol–water partition coefficient (Wildman–Crippen LogP) is -1.10. The summed E-state index contributed by atoms with van der Waals surface area (Å²) in [6.07, 6.45) is 2.67. The third kappa shape index (κ3) is 3.05. The Morgan fingerprint density at radius 1 is 1.39 bits per heavy atom. The van der Waals surface area contributed by atoms with Gasteiger partial charge in [-0.15, -0.1) is 0 Å². The molecule has 18 heavy (non-hydrogen) atoms. The highest BCUT2D eigenvalue weighted by Gasteiger charge is 2.07. The van der Waals surface area contributed by atoms with Crippen LogP contribution in [0.4, 0.5) is 11.8 Å². The van der Waals surface area contributed by atoms with E-state index in [-0.39, 0.29) is 12.5 Å². The zero-order chi connectivity index (χ0) is 13.2. The Balaban J connectivity index is 2.05. The molecule has 2 heterocycles. The molecule has 0 unspecified atom stereocenters. The molecule has 2 rings (SSSR count). The lowest BCUT2D eigenvalue weighted by Gasteiger charge is -2.07. The number of aromatic nitrogens is 4. The molecule has 98 valence electrons. The van der Waals surface area contributed by atoms with E-state index in [2.05, 4.69) is 30.2 Å². The van der Waals surface area contributed by atoms with Crippen LogP contribution in [0.15, 0.2) is 6.20 Å². The maximum atomic E-state index is 10.9. The summed E-state index contributed by atoms with van der Waals surface area (Å²) in [6.45, 7) is 0.631. The SMILES string of the molecule is CS(=O)(=O)NCCNc1nc(N)nc2[nH]ncc12. The minimum Gasteiger partial charge on any atom is -0.368 e. The van der Waals surface area contributed by atoms with Gasteiger partial charge in [-0.05, 0) is 0 Å². The van der Waals surface area contributed by atoms with Crippen LogP contribution in [0.25, 0.3) is 11.0 Å². The zero-order valence-corrected chi connectivity index (χ0v) is 10.5. The topological polar surface area (TPSA) is 139 Å². The Morgan fingerprint density at radius 3 is 2.89 bits per heavy atom. The van der Waals surface area contributed by atoms with Crippen molar-refractivity contribution in [2.24, 2.45) is 0 Å². The molecule has 0 aromatic carbocycles. The maximum Gasteiger partial charge on any atom is 0.224 e. The van der Waals surface area contributed by atoms with Crippen LogP contribution in [0.1, 0.15) is 0 Å². The number of aromatic amines is 1. The molecule has 0 fully saturated rings. The summed E-state index contributed by atoms with van der Waals surface area (Å²) in [7, 11) is -3.18. The molecule has 0 atom stereocenters. The van der Waals surface area contributed by atoms with Crippen molar-refractivity contribution in [2.75, 3.05) is 30.4 Å². The van der Waals surface area contributed by atoms with E-state index in [1.807, 2.05) is 0 Å². The molecular formula is C8H13N7O2S. The quantitative estimate of drug-likeness (QED) is 0.506. The van der Waals surface area contributed by atoms with Gasteiger partial charge in [-0.3, -0.25) is 5.10 Å². The van der Waals surface area contributed by atoms with Gasteiger partial charge in [-0.2, -0.15) is 15.1 Å². The number of hydrogen-bond donors (Lipinski definition) is 4. The van der Waals surface area contributed by atoms with E-state index in [1.54, 1.807) is 6.20 Å². The molecule has 0 saturated heterocycles. The highest BCUT2D eigenvalue weighted by atomic mass is 32.2. The molecule has 0 aliphatic rings. The summed E-state index contributed by atoms with van der Waals surface area (Å²) >= 11 is 0. The average molecular weight is 271 g/mol. The number of nitrogens with one attached hydrogen (secondary N) is 3. The van der Waals surface area contributed by atoms with Gasteiger partial charge in [0.2, 0.25) is 16.0 Å². The summed E-state index contributed by atoms with van der Waals surface area (Å²) in [4.78, 5) is 7.99.